The predicted octanol–water partition coefficient (Wildman–Crippen LogP) is 3.15. The molecule has 0 rings (SSSR count). The molecule has 0 aliphatic rings. The van der Waals surface area contributed by atoms with Gasteiger partial charge >= 0.3 is 5.97 Å². The topological polar surface area (TPSA) is 26.3 Å². The lowest BCUT2D eigenvalue weighted by Crippen LogP contribution is -2.62. The second-order valence-corrected chi connectivity index (χ2v) is 7.01. The highest BCUT2D eigenvalue weighted by molar-refractivity contribution is 5.81. The van der Waals surface area contributed by atoms with Gasteiger partial charge in [0.15, 0.2) is 0 Å². The molecule has 3 nitrogen and oxygen atoms in total. The fourth-order valence-corrected chi connectivity index (χ4v) is 2.29. The maximum absolute atomic E-state index is 11.4. The van der Waals surface area contributed by atoms with E-state index in [1.165, 1.54) is 6.08 Å². The third-order valence-electron chi connectivity index (χ3n) is 4.25. The van der Waals surface area contributed by atoms with E-state index >= 15 is 0 Å². The van der Waals surface area contributed by atoms with Crippen LogP contribution in [0.15, 0.2) is 12.7 Å². The Morgan fingerprint density at radius 1 is 1.28 bits per heavy atom. The summed E-state index contributed by atoms with van der Waals surface area (Å²) >= 11 is 0. The highest BCUT2D eigenvalue weighted by atomic mass is 16.6. The number of nitrogens with zero attached hydrogens (tertiary/aromatic N) is 1. The molecule has 0 aliphatic heterocycles. The first-order chi connectivity index (χ1) is 7.85. The number of esters is 1. The van der Waals surface area contributed by atoms with Crippen molar-refractivity contribution < 1.29 is 14.0 Å². The Morgan fingerprint density at radius 2 is 1.72 bits per heavy atom. The zero-order valence-electron chi connectivity index (χ0n) is 13.3. The van der Waals surface area contributed by atoms with E-state index in [4.69, 9.17) is 4.74 Å². The Bertz CT molecular complexity index is 314. The molecule has 0 aliphatic carbocycles. The highest BCUT2D eigenvalue weighted by Crippen LogP contribution is 2.33. The van der Waals surface area contributed by atoms with Gasteiger partial charge in [0.1, 0.15) is 5.60 Å². The highest BCUT2D eigenvalue weighted by Gasteiger charge is 2.43. The van der Waals surface area contributed by atoms with Crippen LogP contribution >= 0.6 is 0 Å². The van der Waals surface area contributed by atoms with Crippen LogP contribution in [0.3, 0.4) is 0 Å². The zero-order valence-corrected chi connectivity index (χ0v) is 13.3. The molecule has 0 atom stereocenters. The second kappa shape index (κ2) is 5.43. The van der Waals surface area contributed by atoms with Crippen molar-refractivity contribution in [2.45, 2.75) is 65.1 Å². The van der Waals surface area contributed by atoms with Gasteiger partial charge in [-0.15, -0.1) is 0 Å². The van der Waals surface area contributed by atoms with E-state index in [0.29, 0.717) is 6.04 Å². The zero-order chi connectivity index (χ0) is 14.8. The maximum atomic E-state index is 11.4. The van der Waals surface area contributed by atoms with Gasteiger partial charge in [-0.05, 0) is 41.5 Å². The van der Waals surface area contributed by atoms with Gasteiger partial charge in [-0.25, -0.2) is 4.79 Å². The summed E-state index contributed by atoms with van der Waals surface area (Å²) in [6.45, 7) is 16.2. The Labute approximate surface area is 112 Å². The molecule has 0 unspecified atom stereocenters. The Morgan fingerprint density at radius 3 is 2.06 bits per heavy atom. The van der Waals surface area contributed by atoms with Crippen LogP contribution < -0.4 is 0 Å². The molecule has 18 heavy (non-hydrogen) atoms. The molecule has 0 saturated heterocycles. The van der Waals surface area contributed by atoms with Gasteiger partial charge in [-0.2, -0.15) is 0 Å². The molecule has 0 aromatic carbocycles. The SMILES string of the molecule is C=CC(=O)OC(C)(C)CC(C)(C)[N+](C)(C)C(C)C. The fraction of sp³-hybridized carbons (Fsp3) is 0.800. The van der Waals surface area contributed by atoms with Gasteiger partial charge in [0.05, 0.1) is 25.7 Å². The molecule has 0 aromatic heterocycles. The average Bonchev–Trinajstić information content (AvgIpc) is 2.14. The first-order valence-electron chi connectivity index (χ1n) is 6.55. The van der Waals surface area contributed by atoms with Crippen LogP contribution in [0.5, 0.6) is 0 Å². The van der Waals surface area contributed by atoms with Crippen molar-refractivity contribution in [3.8, 4) is 0 Å². The van der Waals surface area contributed by atoms with Crippen molar-refractivity contribution in [3.05, 3.63) is 12.7 Å². The molecule has 106 valence electrons. The van der Waals surface area contributed by atoms with Gasteiger partial charge in [-0.3, -0.25) is 0 Å². The summed E-state index contributed by atoms with van der Waals surface area (Å²) < 4.78 is 6.31. The number of carbonyl (C=O) groups is 1. The molecule has 0 bridgehead atoms. The summed E-state index contributed by atoms with van der Waals surface area (Å²) in [7, 11) is 4.44. The van der Waals surface area contributed by atoms with Crippen molar-refractivity contribution in [1.82, 2.24) is 0 Å². The molecule has 0 amide bonds. The van der Waals surface area contributed by atoms with Crippen molar-refractivity contribution in [3.63, 3.8) is 0 Å². The minimum atomic E-state index is -0.487. The third-order valence-corrected chi connectivity index (χ3v) is 4.25. The number of hydrogen-bond donors (Lipinski definition) is 0. The van der Waals surface area contributed by atoms with Gasteiger partial charge < -0.3 is 9.22 Å². The summed E-state index contributed by atoms with van der Waals surface area (Å²) in [5.74, 6) is -0.356. The fourth-order valence-electron chi connectivity index (χ4n) is 2.29. The molecule has 3 heteroatoms. The van der Waals surface area contributed by atoms with Gasteiger partial charge in [-0.1, -0.05) is 6.58 Å². The molecule has 0 radical (unpaired) electrons. The van der Waals surface area contributed by atoms with Crippen LogP contribution in [0.25, 0.3) is 0 Å². The van der Waals surface area contributed by atoms with Crippen molar-refractivity contribution >= 4 is 5.97 Å². The molecule has 0 N–H and O–H groups in total. The lowest BCUT2D eigenvalue weighted by molar-refractivity contribution is -0.958. The largest absolute Gasteiger partial charge is 0.456 e. The first-order valence-corrected chi connectivity index (χ1v) is 6.55. The van der Waals surface area contributed by atoms with Crippen molar-refractivity contribution in [2.24, 2.45) is 0 Å². The lowest BCUT2D eigenvalue weighted by atomic mass is 9.85. The molecule has 0 fully saturated rings. The standard InChI is InChI=1S/C15H30NO2/c1-10-13(17)18-15(6,7)11-14(4,5)16(8,9)12(2)3/h10,12H,1,11H2,2-9H3/q+1. The second-order valence-electron chi connectivity index (χ2n) is 7.01. The molecular formula is C15H30NO2+. The van der Waals surface area contributed by atoms with Crippen LogP contribution in [0.4, 0.5) is 0 Å². The van der Waals surface area contributed by atoms with Crippen LogP contribution in [0.2, 0.25) is 0 Å². The van der Waals surface area contributed by atoms with E-state index in [1.54, 1.807) is 0 Å². The number of quaternary nitrogens is 1. The number of hydrogen-bond acceptors (Lipinski definition) is 2. The summed E-state index contributed by atoms with van der Waals surface area (Å²) in [4.78, 5) is 11.4. The minimum absolute atomic E-state index is 0.0130. The van der Waals surface area contributed by atoms with E-state index in [-0.39, 0.29) is 11.5 Å². The summed E-state index contributed by atoms with van der Waals surface area (Å²) in [6, 6.07) is 0.505. The van der Waals surface area contributed by atoms with E-state index in [9.17, 15) is 4.79 Å². The summed E-state index contributed by atoms with van der Waals surface area (Å²) in [6.07, 6.45) is 2.02. The molecule has 0 aromatic rings. The smallest absolute Gasteiger partial charge is 0.330 e. The summed E-state index contributed by atoms with van der Waals surface area (Å²) in [5.41, 5.74) is -0.474. The monoisotopic (exact) mass is 256 g/mol. The van der Waals surface area contributed by atoms with Gasteiger partial charge in [0, 0.05) is 12.5 Å². The van der Waals surface area contributed by atoms with E-state index in [0.717, 1.165) is 10.9 Å². The summed E-state index contributed by atoms with van der Waals surface area (Å²) in [5, 5.41) is 0. The van der Waals surface area contributed by atoms with Crippen LogP contribution in [0.1, 0.15) is 48.0 Å². The Kier molecular flexibility index (Phi) is 5.18. The lowest BCUT2D eigenvalue weighted by Gasteiger charge is -2.50. The molecule has 0 saturated carbocycles. The molecule has 0 spiro atoms. The number of ether oxygens (including phenoxy) is 1. The third kappa shape index (κ3) is 4.13. The van der Waals surface area contributed by atoms with E-state index in [1.807, 2.05) is 13.8 Å². The van der Waals surface area contributed by atoms with Gasteiger partial charge in [0.2, 0.25) is 0 Å². The van der Waals surface area contributed by atoms with Crippen molar-refractivity contribution in [1.29, 1.82) is 0 Å². The Balaban J connectivity index is 4.96. The average molecular weight is 256 g/mol. The number of carbonyl (C=O) groups excluding carboxylic acids is 1. The van der Waals surface area contributed by atoms with E-state index in [2.05, 4.69) is 48.4 Å². The van der Waals surface area contributed by atoms with Crippen LogP contribution in [-0.2, 0) is 9.53 Å². The van der Waals surface area contributed by atoms with Crippen LogP contribution in [-0.4, -0.2) is 41.7 Å². The molecule has 0 heterocycles. The number of rotatable bonds is 6. The molecular weight excluding hydrogens is 226 g/mol. The first kappa shape index (κ1) is 17.2. The normalized spacial score (nSPS) is 13.6. The van der Waals surface area contributed by atoms with Crippen molar-refractivity contribution in [2.75, 3.05) is 14.1 Å². The van der Waals surface area contributed by atoms with Crippen LogP contribution in [0, 0.1) is 0 Å². The Hall–Kier alpha value is -0.830. The van der Waals surface area contributed by atoms with Gasteiger partial charge in [0.25, 0.3) is 0 Å². The maximum Gasteiger partial charge on any atom is 0.330 e. The quantitative estimate of drug-likeness (QED) is 0.414. The van der Waals surface area contributed by atoms with E-state index < -0.39 is 5.60 Å². The predicted molar refractivity (Wildman–Crippen MR) is 76.3 cm³/mol. The minimum Gasteiger partial charge on any atom is -0.456 e.